The quantitative estimate of drug-likeness (QED) is 0.795. The van der Waals surface area contributed by atoms with E-state index in [1.807, 2.05) is 0 Å². The van der Waals surface area contributed by atoms with Crippen molar-refractivity contribution in [1.82, 2.24) is 5.32 Å². The standard InChI is InChI=1S/C11H12F2N2O/c12-9-3-1-2-8(10(9)13)11(16)15-7-4-6(14)5-7/h1-3,6-7H,4-5,14H2,(H,15,16). The van der Waals surface area contributed by atoms with Crippen LogP contribution in [0.3, 0.4) is 0 Å². The molecule has 16 heavy (non-hydrogen) atoms. The van der Waals surface area contributed by atoms with Crippen molar-refractivity contribution in [2.45, 2.75) is 24.9 Å². The van der Waals surface area contributed by atoms with Crippen LogP contribution in [0.5, 0.6) is 0 Å². The summed E-state index contributed by atoms with van der Waals surface area (Å²) in [6.07, 6.45) is 1.37. The number of amides is 1. The van der Waals surface area contributed by atoms with Crippen molar-refractivity contribution in [3.63, 3.8) is 0 Å². The summed E-state index contributed by atoms with van der Waals surface area (Å²) < 4.78 is 26.1. The Bertz CT molecular complexity index is 416. The minimum Gasteiger partial charge on any atom is -0.349 e. The van der Waals surface area contributed by atoms with Crippen molar-refractivity contribution < 1.29 is 13.6 Å². The molecule has 1 aromatic rings. The Morgan fingerprint density at radius 1 is 1.38 bits per heavy atom. The predicted octanol–water partition coefficient (Wildman–Crippen LogP) is 1.18. The molecule has 2 rings (SSSR count). The van der Waals surface area contributed by atoms with Gasteiger partial charge in [-0.1, -0.05) is 6.07 Å². The van der Waals surface area contributed by atoms with E-state index >= 15 is 0 Å². The molecule has 1 aliphatic rings. The van der Waals surface area contributed by atoms with Gasteiger partial charge in [0.15, 0.2) is 11.6 Å². The van der Waals surface area contributed by atoms with E-state index in [0.29, 0.717) is 12.8 Å². The number of rotatable bonds is 2. The van der Waals surface area contributed by atoms with Crippen LogP contribution in [0.1, 0.15) is 23.2 Å². The third-order valence-electron chi connectivity index (χ3n) is 2.71. The van der Waals surface area contributed by atoms with Gasteiger partial charge in [0.1, 0.15) is 0 Å². The second-order valence-electron chi connectivity index (χ2n) is 4.00. The molecule has 0 saturated heterocycles. The zero-order valence-electron chi connectivity index (χ0n) is 8.54. The highest BCUT2D eigenvalue weighted by Gasteiger charge is 2.28. The Balaban J connectivity index is 2.06. The van der Waals surface area contributed by atoms with Gasteiger partial charge in [-0.25, -0.2) is 8.78 Å². The summed E-state index contributed by atoms with van der Waals surface area (Å²) in [5.74, 6) is -2.71. The number of benzene rings is 1. The van der Waals surface area contributed by atoms with Gasteiger partial charge in [-0.15, -0.1) is 0 Å². The smallest absolute Gasteiger partial charge is 0.254 e. The van der Waals surface area contributed by atoms with E-state index in [1.54, 1.807) is 0 Å². The molecule has 5 heteroatoms. The molecule has 0 atom stereocenters. The van der Waals surface area contributed by atoms with Crippen LogP contribution in [0.15, 0.2) is 18.2 Å². The second kappa shape index (κ2) is 4.17. The molecule has 0 bridgehead atoms. The first-order chi connectivity index (χ1) is 7.58. The van der Waals surface area contributed by atoms with Gasteiger partial charge in [0.05, 0.1) is 5.56 Å². The Labute approximate surface area is 91.6 Å². The molecular formula is C11H12F2N2O. The molecule has 0 heterocycles. The first kappa shape index (κ1) is 11.0. The summed E-state index contributed by atoms with van der Waals surface area (Å²) in [6.45, 7) is 0. The minimum absolute atomic E-state index is 0.0230. The molecule has 0 unspecified atom stereocenters. The summed E-state index contributed by atoms with van der Waals surface area (Å²) in [5, 5.41) is 2.61. The molecule has 1 amide bonds. The highest BCUT2D eigenvalue weighted by molar-refractivity contribution is 5.94. The lowest BCUT2D eigenvalue weighted by Gasteiger charge is -2.32. The van der Waals surface area contributed by atoms with E-state index in [0.717, 1.165) is 6.07 Å². The normalized spacial score (nSPS) is 23.7. The largest absolute Gasteiger partial charge is 0.349 e. The fraction of sp³-hybridized carbons (Fsp3) is 0.364. The molecule has 0 spiro atoms. The highest BCUT2D eigenvalue weighted by Crippen LogP contribution is 2.19. The third kappa shape index (κ3) is 2.04. The monoisotopic (exact) mass is 226 g/mol. The SMILES string of the molecule is NC1CC(NC(=O)c2cccc(F)c2F)C1. The van der Waals surface area contributed by atoms with Gasteiger partial charge in [-0.05, 0) is 25.0 Å². The molecule has 0 radical (unpaired) electrons. The minimum atomic E-state index is -1.11. The molecule has 0 aromatic heterocycles. The van der Waals surface area contributed by atoms with Crippen molar-refractivity contribution in [1.29, 1.82) is 0 Å². The van der Waals surface area contributed by atoms with Gasteiger partial charge >= 0.3 is 0 Å². The van der Waals surface area contributed by atoms with Gasteiger partial charge in [0, 0.05) is 12.1 Å². The Kier molecular flexibility index (Phi) is 2.87. The first-order valence-electron chi connectivity index (χ1n) is 5.08. The summed E-state index contributed by atoms with van der Waals surface area (Å²) in [7, 11) is 0. The van der Waals surface area contributed by atoms with E-state index in [2.05, 4.69) is 5.32 Å². The lowest BCUT2D eigenvalue weighted by atomic mass is 9.87. The Morgan fingerprint density at radius 3 is 2.69 bits per heavy atom. The van der Waals surface area contributed by atoms with E-state index in [4.69, 9.17) is 5.73 Å². The van der Waals surface area contributed by atoms with Crippen LogP contribution in [-0.4, -0.2) is 18.0 Å². The van der Waals surface area contributed by atoms with Crippen LogP contribution in [0.4, 0.5) is 8.78 Å². The third-order valence-corrected chi connectivity index (χ3v) is 2.71. The molecular weight excluding hydrogens is 214 g/mol. The topological polar surface area (TPSA) is 55.1 Å². The maximum Gasteiger partial charge on any atom is 0.254 e. The van der Waals surface area contributed by atoms with Gasteiger partial charge in [0.2, 0.25) is 0 Å². The summed E-state index contributed by atoms with van der Waals surface area (Å²) in [4.78, 5) is 11.6. The van der Waals surface area contributed by atoms with Crippen LogP contribution in [0.2, 0.25) is 0 Å². The summed E-state index contributed by atoms with van der Waals surface area (Å²) in [5.41, 5.74) is 5.29. The molecule has 1 saturated carbocycles. The molecule has 86 valence electrons. The molecule has 3 N–H and O–H groups in total. The fourth-order valence-corrected chi connectivity index (χ4v) is 1.72. The Hall–Kier alpha value is -1.49. The Morgan fingerprint density at radius 2 is 2.06 bits per heavy atom. The van der Waals surface area contributed by atoms with Gasteiger partial charge in [0.25, 0.3) is 5.91 Å². The predicted molar refractivity (Wildman–Crippen MR) is 54.8 cm³/mol. The molecule has 1 aromatic carbocycles. The number of nitrogens with two attached hydrogens (primary N) is 1. The van der Waals surface area contributed by atoms with Gasteiger partial charge in [-0.3, -0.25) is 4.79 Å². The number of hydrogen-bond acceptors (Lipinski definition) is 2. The van der Waals surface area contributed by atoms with Crippen LogP contribution in [-0.2, 0) is 0 Å². The van der Waals surface area contributed by atoms with Crippen LogP contribution in [0.25, 0.3) is 0 Å². The maximum absolute atomic E-state index is 13.2. The second-order valence-corrected chi connectivity index (χ2v) is 4.00. The number of carbonyl (C=O) groups excluding carboxylic acids is 1. The molecule has 1 fully saturated rings. The fourth-order valence-electron chi connectivity index (χ4n) is 1.72. The number of carbonyl (C=O) groups is 1. The molecule has 1 aliphatic carbocycles. The number of hydrogen-bond donors (Lipinski definition) is 2. The lowest BCUT2D eigenvalue weighted by Crippen LogP contribution is -2.50. The summed E-state index contributed by atoms with van der Waals surface area (Å²) in [6, 6.07) is 3.62. The lowest BCUT2D eigenvalue weighted by molar-refractivity contribution is 0.0905. The molecule has 3 nitrogen and oxygen atoms in total. The highest BCUT2D eigenvalue weighted by atomic mass is 19.2. The average Bonchev–Trinajstić information content (AvgIpc) is 2.19. The summed E-state index contributed by atoms with van der Waals surface area (Å²) >= 11 is 0. The van der Waals surface area contributed by atoms with Crippen molar-refractivity contribution >= 4 is 5.91 Å². The van der Waals surface area contributed by atoms with Crippen molar-refractivity contribution in [2.75, 3.05) is 0 Å². The first-order valence-corrected chi connectivity index (χ1v) is 5.08. The number of halogens is 2. The van der Waals surface area contributed by atoms with Gasteiger partial charge in [-0.2, -0.15) is 0 Å². The van der Waals surface area contributed by atoms with E-state index in [9.17, 15) is 13.6 Å². The van der Waals surface area contributed by atoms with Gasteiger partial charge < -0.3 is 11.1 Å². The van der Waals surface area contributed by atoms with E-state index in [1.165, 1.54) is 12.1 Å². The van der Waals surface area contributed by atoms with Crippen molar-refractivity contribution in [2.24, 2.45) is 5.73 Å². The van der Waals surface area contributed by atoms with E-state index < -0.39 is 17.5 Å². The van der Waals surface area contributed by atoms with Crippen LogP contribution < -0.4 is 11.1 Å². The average molecular weight is 226 g/mol. The van der Waals surface area contributed by atoms with Crippen molar-refractivity contribution in [3.05, 3.63) is 35.4 Å². The zero-order valence-corrected chi connectivity index (χ0v) is 8.54. The molecule has 0 aliphatic heterocycles. The number of nitrogens with one attached hydrogen (secondary N) is 1. The van der Waals surface area contributed by atoms with Crippen LogP contribution in [0, 0.1) is 11.6 Å². The van der Waals surface area contributed by atoms with Crippen molar-refractivity contribution in [3.8, 4) is 0 Å². The zero-order chi connectivity index (χ0) is 11.7. The maximum atomic E-state index is 13.2. The van der Waals surface area contributed by atoms with E-state index in [-0.39, 0.29) is 17.6 Å². The van der Waals surface area contributed by atoms with Crippen LogP contribution >= 0.6 is 0 Å².